The lowest BCUT2D eigenvalue weighted by Gasteiger charge is -2.46. The van der Waals surface area contributed by atoms with Crippen LogP contribution in [-0.4, -0.2) is 221 Å². The van der Waals surface area contributed by atoms with Gasteiger partial charge in [0, 0.05) is 6.61 Å². The molecule has 21 nitrogen and oxygen atoms in total. The quantitative estimate of drug-likeness (QED) is 0.0542. The second kappa shape index (κ2) is 20.5. The highest BCUT2D eigenvalue weighted by atomic mass is 16.8. The first-order valence-corrected chi connectivity index (χ1v) is 17.7. The molecule has 0 aromatic heterocycles. The zero-order chi connectivity index (χ0) is 39.9. The smallest absolute Gasteiger partial charge is 0.187 e. The summed E-state index contributed by atoms with van der Waals surface area (Å²) in [5.41, 5.74) is -0.261. The summed E-state index contributed by atoms with van der Waals surface area (Å²) in [6.45, 7) is 4.52. The molecule has 0 amide bonds. The third-order valence-electron chi connectivity index (χ3n) is 9.95. The van der Waals surface area contributed by atoms with Gasteiger partial charge in [-0.05, 0) is 25.2 Å². The Balaban J connectivity index is 1.92. The average molecular weight is 781 g/mol. The van der Waals surface area contributed by atoms with Crippen LogP contribution in [0.4, 0.5) is 0 Å². The molecule has 0 saturated carbocycles. The van der Waals surface area contributed by atoms with Crippen molar-refractivity contribution in [1.82, 2.24) is 0 Å². The number of rotatable bonds is 19. The Morgan fingerprint density at radius 2 is 1.04 bits per heavy atom. The van der Waals surface area contributed by atoms with Gasteiger partial charge in [0.05, 0.1) is 32.0 Å². The fourth-order valence-corrected chi connectivity index (χ4v) is 6.33. The van der Waals surface area contributed by atoms with E-state index in [2.05, 4.69) is 0 Å². The van der Waals surface area contributed by atoms with Gasteiger partial charge in [-0.25, -0.2) is 0 Å². The molecule has 0 aromatic carbocycles. The van der Waals surface area contributed by atoms with Crippen LogP contribution in [0.2, 0.25) is 0 Å². The highest BCUT2D eigenvalue weighted by molar-refractivity contribution is 4.94. The van der Waals surface area contributed by atoms with E-state index in [1.165, 1.54) is 0 Å². The van der Waals surface area contributed by atoms with Crippen LogP contribution in [0.1, 0.15) is 47.0 Å². The number of ether oxygens (including phenoxy) is 7. The molecule has 0 radical (unpaired) electrons. The van der Waals surface area contributed by atoms with E-state index < -0.39 is 156 Å². The standard InChI is InChI=1S/C32H60O21/c1-5-32(3,4)8-12(2)48-28(46)27(53-30-24(44)21(41)18(38)15(10-35)50-30)26(13(36)6-7-33)52-31-25(45)22(42)19(39)16(51-31)11-47-29-23(43)20(40)17(37)14(9-34)49-29/h12-31,33-46H,5-11H2,1-4H3. The first-order chi connectivity index (χ1) is 24.8. The molecule has 21 heteroatoms. The predicted octanol–water partition coefficient (Wildman–Crippen LogP) is -6.53. The minimum atomic E-state index is -2.06. The zero-order valence-electron chi connectivity index (χ0n) is 30.1. The van der Waals surface area contributed by atoms with Gasteiger partial charge in [-0.2, -0.15) is 0 Å². The van der Waals surface area contributed by atoms with Crippen molar-refractivity contribution in [2.45, 2.75) is 170 Å². The Bertz CT molecular complexity index is 1050. The van der Waals surface area contributed by atoms with Gasteiger partial charge in [0.25, 0.3) is 0 Å². The van der Waals surface area contributed by atoms with Gasteiger partial charge in [0.15, 0.2) is 25.2 Å². The van der Waals surface area contributed by atoms with Crippen molar-refractivity contribution in [3.8, 4) is 0 Å². The topological polar surface area (TPSA) is 348 Å². The summed E-state index contributed by atoms with van der Waals surface area (Å²) in [5.74, 6) is 0. The number of aliphatic hydroxyl groups excluding tert-OH is 14. The highest BCUT2D eigenvalue weighted by Gasteiger charge is 2.52. The van der Waals surface area contributed by atoms with Crippen LogP contribution in [0.5, 0.6) is 0 Å². The number of aliphatic hydroxyl groups is 14. The minimum absolute atomic E-state index is 0.261. The fraction of sp³-hybridized carbons (Fsp3) is 1.00. The Kier molecular flexibility index (Phi) is 18.0. The molecule has 0 bridgehead atoms. The van der Waals surface area contributed by atoms with Gasteiger partial charge >= 0.3 is 0 Å². The Morgan fingerprint density at radius 1 is 0.604 bits per heavy atom. The summed E-state index contributed by atoms with van der Waals surface area (Å²) < 4.78 is 39.5. The second-order valence-electron chi connectivity index (χ2n) is 14.6. The van der Waals surface area contributed by atoms with E-state index in [4.69, 9.17) is 33.2 Å². The van der Waals surface area contributed by atoms with Crippen molar-refractivity contribution in [1.29, 1.82) is 0 Å². The molecule has 3 heterocycles. The largest absolute Gasteiger partial charge is 0.396 e. The lowest BCUT2D eigenvalue weighted by molar-refractivity contribution is -0.370. The number of hydrogen-bond acceptors (Lipinski definition) is 21. The molecule has 0 spiro atoms. The van der Waals surface area contributed by atoms with E-state index in [0.717, 1.165) is 6.42 Å². The van der Waals surface area contributed by atoms with Gasteiger partial charge < -0.3 is 105 Å². The van der Waals surface area contributed by atoms with Crippen LogP contribution < -0.4 is 0 Å². The molecule has 3 aliphatic heterocycles. The lowest BCUT2D eigenvalue weighted by Crippen LogP contribution is -2.64. The minimum Gasteiger partial charge on any atom is -0.396 e. The fourth-order valence-electron chi connectivity index (χ4n) is 6.33. The van der Waals surface area contributed by atoms with E-state index in [-0.39, 0.29) is 5.41 Å². The number of hydrogen-bond donors (Lipinski definition) is 14. The molecule has 20 unspecified atom stereocenters. The summed E-state index contributed by atoms with van der Waals surface area (Å²) in [4.78, 5) is 0. The third-order valence-corrected chi connectivity index (χ3v) is 9.95. The molecule has 0 aromatic rings. The first-order valence-electron chi connectivity index (χ1n) is 17.7. The van der Waals surface area contributed by atoms with Crippen molar-refractivity contribution < 1.29 is 105 Å². The summed E-state index contributed by atoms with van der Waals surface area (Å²) in [5, 5.41) is 146. The summed E-state index contributed by atoms with van der Waals surface area (Å²) in [6, 6.07) is 0. The van der Waals surface area contributed by atoms with E-state index in [1.54, 1.807) is 6.92 Å². The van der Waals surface area contributed by atoms with Crippen molar-refractivity contribution >= 4 is 0 Å². The molecular formula is C32H60O21. The summed E-state index contributed by atoms with van der Waals surface area (Å²) in [6.07, 6.45) is -34.6. The van der Waals surface area contributed by atoms with E-state index >= 15 is 0 Å². The molecule has 3 rings (SSSR count). The van der Waals surface area contributed by atoms with Crippen LogP contribution in [0, 0.1) is 5.41 Å². The van der Waals surface area contributed by atoms with Crippen LogP contribution in [0.25, 0.3) is 0 Å². The molecule has 314 valence electrons. The summed E-state index contributed by atoms with van der Waals surface area (Å²) >= 11 is 0. The monoisotopic (exact) mass is 780 g/mol. The highest BCUT2D eigenvalue weighted by Crippen LogP contribution is 2.33. The van der Waals surface area contributed by atoms with Crippen molar-refractivity contribution in [3.05, 3.63) is 0 Å². The Hall–Kier alpha value is -0.840. The summed E-state index contributed by atoms with van der Waals surface area (Å²) in [7, 11) is 0. The van der Waals surface area contributed by atoms with Gasteiger partial charge in [-0.3, -0.25) is 0 Å². The van der Waals surface area contributed by atoms with Gasteiger partial charge in [0.1, 0.15) is 85.5 Å². The maximum absolute atomic E-state index is 11.5. The van der Waals surface area contributed by atoms with E-state index in [9.17, 15) is 71.5 Å². The van der Waals surface area contributed by atoms with E-state index in [1.807, 2.05) is 20.8 Å². The maximum atomic E-state index is 11.5. The third kappa shape index (κ3) is 11.6. The molecule has 0 aliphatic carbocycles. The van der Waals surface area contributed by atoms with Crippen LogP contribution >= 0.6 is 0 Å². The predicted molar refractivity (Wildman–Crippen MR) is 173 cm³/mol. The Morgan fingerprint density at radius 3 is 1.51 bits per heavy atom. The van der Waals surface area contributed by atoms with Gasteiger partial charge in [0.2, 0.25) is 0 Å². The molecular weight excluding hydrogens is 720 g/mol. The van der Waals surface area contributed by atoms with Crippen LogP contribution in [0.15, 0.2) is 0 Å². The average Bonchev–Trinajstić information content (AvgIpc) is 3.11. The van der Waals surface area contributed by atoms with Crippen molar-refractivity contribution in [3.63, 3.8) is 0 Å². The van der Waals surface area contributed by atoms with Gasteiger partial charge in [-0.15, -0.1) is 0 Å². The van der Waals surface area contributed by atoms with Gasteiger partial charge in [-0.1, -0.05) is 27.2 Å². The lowest BCUT2D eigenvalue weighted by atomic mass is 9.84. The molecule has 3 fully saturated rings. The molecule has 53 heavy (non-hydrogen) atoms. The SMILES string of the molecule is CCC(C)(C)CC(C)OC(O)C(OC1OC(CO)C(O)C(O)C1O)C(OC1OC(COC2OC(CO)C(O)C(O)C2O)C(O)C(O)C1O)C(O)CCO. The maximum Gasteiger partial charge on any atom is 0.187 e. The first kappa shape index (κ1) is 46.5. The normalized spacial score (nSPS) is 41.4. The van der Waals surface area contributed by atoms with Crippen LogP contribution in [0.3, 0.4) is 0 Å². The van der Waals surface area contributed by atoms with Crippen LogP contribution in [-0.2, 0) is 33.2 Å². The molecule has 14 N–H and O–H groups in total. The molecule has 20 atom stereocenters. The second-order valence-corrected chi connectivity index (χ2v) is 14.6. The van der Waals surface area contributed by atoms with E-state index in [0.29, 0.717) is 6.42 Å². The molecule has 3 saturated heterocycles. The molecule has 3 aliphatic rings. The van der Waals surface area contributed by atoms with Crippen molar-refractivity contribution in [2.75, 3.05) is 26.4 Å². The Labute approximate surface area is 306 Å². The zero-order valence-corrected chi connectivity index (χ0v) is 30.1. The van der Waals surface area contributed by atoms with Crippen molar-refractivity contribution in [2.24, 2.45) is 5.41 Å².